The molecule has 3 heterocycles. The maximum absolute atomic E-state index is 15.0. The summed E-state index contributed by atoms with van der Waals surface area (Å²) in [5.41, 5.74) is -1.75. The van der Waals surface area contributed by atoms with Gasteiger partial charge in [0, 0.05) is 36.5 Å². The van der Waals surface area contributed by atoms with Crippen molar-refractivity contribution in [1.82, 2.24) is 15.2 Å². The Bertz CT molecular complexity index is 1780. The van der Waals surface area contributed by atoms with Gasteiger partial charge in [-0.3, -0.25) is 14.4 Å². The number of nitrogens with zero attached hydrogens (tertiary/aromatic N) is 2. The molecule has 10 nitrogen and oxygen atoms in total. The van der Waals surface area contributed by atoms with E-state index in [0.717, 1.165) is 16.2 Å². The molecule has 0 radical (unpaired) electrons. The predicted octanol–water partition coefficient (Wildman–Crippen LogP) is 6.67. The smallest absolute Gasteiger partial charge is 0.408 e. The summed E-state index contributed by atoms with van der Waals surface area (Å²) >= 11 is 0. The summed E-state index contributed by atoms with van der Waals surface area (Å²) in [5, 5.41) is 15.4. The van der Waals surface area contributed by atoms with Gasteiger partial charge in [-0.25, -0.2) is 18.6 Å². The van der Waals surface area contributed by atoms with E-state index in [9.17, 15) is 33.1 Å². The first kappa shape index (κ1) is 34.5. The Balaban J connectivity index is 1.33. The van der Waals surface area contributed by atoms with E-state index in [0.29, 0.717) is 24.2 Å². The standard InChI is InChI=1S/C37H43F2N3O7/c1-35(2,3)49-34(47)41-28-15-5-4-10-16-37(38,39)19-22-18-36(22,33(45)46)20-30(43)29-17-23(21-42(29)32(28)44)48-31-26-13-7-6-11-24(26)25-12-8-9-14-27(25)40-31/h6-9,11-14,22-23,28-29H,4-5,10,15-21H2,1-3H3,(H,41,47)(H,45,46)/t22-,23+,28-,29-,36+/m0/s1. The van der Waals surface area contributed by atoms with Crippen molar-refractivity contribution in [2.24, 2.45) is 11.3 Å². The Morgan fingerprint density at radius 2 is 1.67 bits per heavy atom. The van der Waals surface area contributed by atoms with E-state index in [1.807, 2.05) is 48.5 Å². The molecule has 2 N–H and O–H groups in total. The molecule has 3 aliphatic rings. The van der Waals surface area contributed by atoms with E-state index in [1.54, 1.807) is 20.8 Å². The average molecular weight is 680 g/mol. The van der Waals surface area contributed by atoms with Crippen LogP contribution in [-0.2, 0) is 19.1 Å². The molecule has 262 valence electrons. The van der Waals surface area contributed by atoms with Crippen LogP contribution in [0.5, 0.6) is 5.88 Å². The van der Waals surface area contributed by atoms with Crippen molar-refractivity contribution in [1.29, 1.82) is 0 Å². The van der Waals surface area contributed by atoms with Gasteiger partial charge < -0.3 is 24.8 Å². The molecule has 3 fully saturated rings. The number of carbonyl (C=O) groups is 4. The number of halogens is 2. The molecule has 3 aromatic rings. The summed E-state index contributed by atoms with van der Waals surface area (Å²) in [6.45, 7) is 5.05. The number of carboxylic acids is 1. The van der Waals surface area contributed by atoms with E-state index >= 15 is 0 Å². The number of hydrogen-bond acceptors (Lipinski definition) is 7. The van der Waals surface area contributed by atoms with Gasteiger partial charge in [0.2, 0.25) is 17.7 Å². The number of nitrogens with one attached hydrogen (secondary N) is 1. The lowest BCUT2D eigenvalue weighted by Crippen LogP contribution is -2.52. The van der Waals surface area contributed by atoms with Gasteiger partial charge in [-0.15, -0.1) is 0 Å². The number of Topliss-reactive ketones (excluding diaryl/α,β-unsaturated/α-hetero) is 1. The second kappa shape index (κ2) is 13.2. The summed E-state index contributed by atoms with van der Waals surface area (Å²) < 4.78 is 41.8. The van der Waals surface area contributed by atoms with Crippen molar-refractivity contribution < 1.29 is 42.5 Å². The second-order valence-corrected chi connectivity index (χ2v) is 14.8. The molecule has 49 heavy (non-hydrogen) atoms. The number of amides is 2. The lowest BCUT2D eigenvalue weighted by molar-refractivity contribution is -0.148. The number of alkyl halides is 2. The monoisotopic (exact) mass is 679 g/mol. The lowest BCUT2D eigenvalue weighted by atomic mass is 9.90. The molecule has 1 saturated carbocycles. The second-order valence-electron chi connectivity index (χ2n) is 14.8. The number of hydrogen-bond donors (Lipinski definition) is 2. The first-order chi connectivity index (χ1) is 23.2. The van der Waals surface area contributed by atoms with Crippen LogP contribution in [0.3, 0.4) is 0 Å². The Labute approximate surface area is 283 Å². The molecular weight excluding hydrogens is 636 g/mol. The highest BCUT2D eigenvalue weighted by molar-refractivity contribution is 6.07. The number of rotatable bonds is 4. The summed E-state index contributed by atoms with van der Waals surface area (Å²) in [6, 6.07) is 13.1. The number of benzene rings is 2. The quantitative estimate of drug-likeness (QED) is 0.292. The van der Waals surface area contributed by atoms with E-state index in [4.69, 9.17) is 14.5 Å². The van der Waals surface area contributed by atoms with Crippen LogP contribution in [0, 0.1) is 11.3 Å². The third kappa shape index (κ3) is 7.47. The molecule has 2 aliphatic heterocycles. The summed E-state index contributed by atoms with van der Waals surface area (Å²) in [4.78, 5) is 59.8. The molecule has 12 heteroatoms. The van der Waals surface area contributed by atoms with Gasteiger partial charge >= 0.3 is 12.1 Å². The van der Waals surface area contributed by atoms with E-state index < -0.39 is 84.1 Å². The summed E-state index contributed by atoms with van der Waals surface area (Å²) in [6.07, 6.45) is -1.95. The minimum Gasteiger partial charge on any atom is -0.481 e. The fourth-order valence-electron chi connectivity index (χ4n) is 7.46. The van der Waals surface area contributed by atoms with Gasteiger partial charge in [0.05, 0.1) is 23.5 Å². The number of aliphatic carboxylic acids is 1. The number of carboxylic acid groups (broad SMARTS) is 1. The number of alkyl carbamates (subject to hydrolysis) is 1. The average Bonchev–Trinajstić information content (AvgIpc) is 3.53. The van der Waals surface area contributed by atoms with Crippen LogP contribution in [0.1, 0.15) is 78.6 Å². The number of ether oxygens (including phenoxy) is 2. The van der Waals surface area contributed by atoms with Crippen LogP contribution in [0.25, 0.3) is 21.7 Å². The topological polar surface area (TPSA) is 135 Å². The van der Waals surface area contributed by atoms with Gasteiger partial charge in [-0.1, -0.05) is 49.2 Å². The van der Waals surface area contributed by atoms with Crippen LogP contribution in [-0.4, -0.2) is 75.0 Å². The Morgan fingerprint density at radius 3 is 2.39 bits per heavy atom. The van der Waals surface area contributed by atoms with Gasteiger partial charge in [0.1, 0.15) is 17.7 Å². The molecule has 2 aromatic carbocycles. The first-order valence-electron chi connectivity index (χ1n) is 17.0. The van der Waals surface area contributed by atoms with Crippen LogP contribution >= 0.6 is 0 Å². The SMILES string of the molecule is CC(C)(C)OC(=O)N[C@H]1CCCCCC(F)(F)C[C@@H]2C[C@@]2(C(=O)O)CC(=O)[C@@H]2C[C@@H](Oc3nc4ccccc4c4ccccc34)CN2C1=O. The molecule has 2 saturated heterocycles. The lowest BCUT2D eigenvalue weighted by Gasteiger charge is -2.30. The molecular formula is C37H43F2N3O7. The van der Waals surface area contributed by atoms with Crippen molar-refractivity contribution in [3.05, 3.63) is 48.5 Å². The molecule has 2 amide bonds. The third-order valence-corrected chi connectivity index (χ3v) is 9.99. The van der Waals surface area contributed by atoms with Crippen LogP contribution in [0.2, 0.25) is 0 Å². The van der Waals surface area contributed by atoms with Gasteiger partial charge in [-0.2, -0.15) is 0 Å². The van der Waals surface area contributed by atoms with Crippen molar-refractivity contribution in [3.8, 4) is 5.88 Å². The summed E-state index contributed by atoms with van der Waals surface area (Å²) in [7, 11) is 0. The molecule has 0 unspecified atom stereocenters. The highest BCUT2D eigenvalue weighted by Crippen LogP contribution is 2.60. The first-order valence-corrected chi connectivity index (χ1v) is 17.0. The van der Waals surface area contributed by atoms with Gasteiger partial charge in [-0.05, 0) is 63.5 Å². The van der Waals surface area contributed by atoms with Crippen LogP contribution in [0.4, 0.5) is 13.6 Å². The Kier molecular flexibility index (Phi) is 9.27. The molecule has 6 rings (SSSR count). The minimum absolute atomic E-state index is 0.0217. The highest BCUT2D eigenvalue weighted by Gasteiger charge is 2.64. The largest absolute Gasteiger partial charge is 0.481 e. The van der Waals surface area contributed by atoms with E-state index in [1.165, 1.54) is 4.90 Å². The number of para-hydroxylation sites is 1. The van der Waals surface area contributed by atoms with Crippen molar-refractivity contribution in [2.75, 3.05) is 6.54 Å². The van der Waals surface area contributed by atoms with Crippen LogP contribution < -0.4 is 10.1 Å². The molecule has 5 atom stereocenters. The number of carbonyl (C=O) groups excluding carboxylic acids is 3. The number of ketones is 1. The van der Waals surface area contributed by atoms with Crippen molar-refractivity contribution in [3.63, 3.8) is 0 Å². The normalized spacial score (nSPS) is 27.8. The molecule has 1 aliphatic carbocycles. The number of pyridine rings is 1. The summed E-state index contributed by atoms with van der Waals surface area (Å²) in [5.74, 6) is -5.95. The zero-order chi connectivity index (χ0) is 35.1. The molecule has 1 aromatic heterocycles. The third-order valence-electron chi connectivity index (χ3n) is 9.99. The predicted molar refractivity (Wildman–Crippen MR) is 177 cm³/mol. The van der Waals surface area contributed by atoms with E-state index in [-0.39, 0.29) is 32.2 Å². The maximum Gasteiger partial charge on any atom is 0.408 e. The van der Waals surface area contributed by atoms with Crippen molar-refractivity contribution in [2.45, 2.75) is 108 Å². The number of aromatic nitrogens is 1. The Morgan fingerprint density at radius 1 is 0.980 bits per heavy atom. The van der Waals surface area contributed by atoms with Gasteiger partial charge in [0.25, 0.3) is 0 Å². The molecule has 0 bridgehead atoms. The highest BCUT2D eigenvalue weighted by atomic mass is 19.3. The zero-order valence-electron chi connectivity index (χ0n) is 28.0. The van der Waals surface area contributed by atoms with Gasteiger partial charge in [0.15, 0.2) is 5.78 Å². The zero-order valence-corrected chi connectivity index (χ0v) is 28.0. The van der Waals surface area contributed by atoms with E-state index in [2.05, 4.69) is 5.32 Å². The fraction of sp³-hybridized carbons (Fsp3) is 0.541. The maximum atomic E-state index is 15.0. The van der Waals surface area contributed by atoms with Crippen molar-refractivity contribution >= 4 is 45.4 Å². The number of fused-ring (bicyclic) bond motifs is 5. The Hall–Kier alpha value is -4.35. The van der Waals surface area contributed by atoms with Crippen LogP contribution in [0.15, 0.2) is 48.5 Å². The minimum atomic E-state index is -3.08. The molecule has 0 spiro atoms. The fourth-order valence-corrected chi connectivity index (χ4v) is 7.46.